The summed E-state index contributed by atoms with van der Waals surface area (Å²) in [4.78, 5) is 6.33. The summed E-state index contributed by atoms with van der Waals surface area (Å²) < 4.78 is 5.27. The van der Waals surface area contributed by atoms with Crippen molar-refractivity contribution in [1.82, 2.24) is 9.88 Å². The van der Waals surface area contributed by atoms with Crippen LogP contribution in [0.5, 0.6) is 0 Å². The Balaban J connectivity index is 0.00000112. The molecule has 1 aliphatic rings. The first-order valence-electron chi connectivity index (χ1n) is 4.67. The molecule has 0 N–H and O–H groups in total. The predicted octanol–water partition coefficient (Wildman–Crippen LogP) is 1.36. The minimum atomic E-state index is 0. The third-order valence-corrected chi connectivity index (χ3v) is 2.44. The molecule has 15 heavy (non-hydrogen) atoms. The molecule has 0 saturated carbocycles. The van der Waals surface area contributed by atoms with Crippen LogP contribution >= 0.6 is 11.6 Å². The van der Waals surface area contributed by atoms with Gasteiger partial charge in [0.15, 0.2) is 0 Å². The molecule has 0 amide bonds. The smallest absolute Gasteiger partial charge is 0.0593 e. The monoisotopic (exact) mass is 300 g/mol. The van der Waals surface area contributed by atoms with Gasteiger partial charge in [-0.3, -0.25) is 4.98 Å². The Bertz CT molecular complexity index is 288. The van der Waals surface area contributed by atoms with E-state index in [1.54, 1.807) is 6.20 Å². The van der Waals surface area contributed by atoms with Crippen molar-refractivity contribution < 1.29 is 37.4 Å². The van der Waals surface area contributed by atoms with E-state index in [0.717, 1.165) is 38.4 Å². The summed E-state index contributed by atoms with van der Waals surface area (Å²) in [6, 6.07) is 4.78. The van der Waals surface area contributed by atoms with Crippen molar-refractivity contribution in [2.75, 3.05) is 26.3 Å². The molecule has 3 nitrogen and oxygen atoms in total. The summed E-state index contributed by atoms with van der Waals surface area (Å²) in [5.74, 6) is 0. The van der Waals surface area contributed by atoms with Gasteiger partial charge in [0.25, 0.3) is 0 Å². The molecule has 1 aliphatic heterocycles. The second-order valence-corrected chi connectivity index (χ2v) is 3.66. The number of halogens is 1. The van der Waals surface area contributed by atoms with Crippen LogP contribution in [0, 0.1) is 6.07 Å². The first kappa shape index (κ1) is 13.5. The Hall–Kier alpha value is 0.464. The normalized spacial score (nSPS) is 17.1. The summed E-state index contributed by atoms with van der Waals surface area (Å²) >= 11 is 5.65. The van der Waals surface area contributed by atoms with E-state index in [0.29, 0.717) is 5.15 Å². The Morgan fingerprint density at radius 1 is 1.47 bits per heavy atom. The molecule has 1 fully saturated rings. The molecule has 0 spiro atoms. The van der Waals surface area contributed by atoms with Gasteiger partial charge >= 0.3 is 0 Å². The Morgan fingerprint density at radius 3 is 2.80 bits per heavy atom. The van der Waals surface area contributed by atoms with Gasteiger partial charge in [-0.2, -0.15) is 5.56 Å². The molecule has 79 valence electrons. The quantitative estimate of drug-likeness (QED) is 0.609. The fourth-order valence-electron chi connectivity index (χ4n) is 1.47. The van der Waals surface area contributed by atoms with E-state index in [1.807, 2.05) is 6.07 Å². The number of hydrogen-bond acceptors (Lipinski definition) is 3. The fraction of sp³-hybridized carbons (Fsp3) is 0.500. The van der Waals surface area contributed by atoms with Crippen LogP contribution in [0.2, 0.25) is 5.15 Å². The van der Waals surface area contributed by atoms with Gasteiger partial charge in [-0.1, -0.05) is 11.6 Å². The van der Waals surface area contributed by atoms with E-state index in [-0.39, 0.29) is 32.7 Å². The van der Waals surface area contributed by atoms with Gasteiger partial charge in [-0.05, 0) is 12.7 Å². The zero-order valence-electron chi connectivity index (χ0n) is 8.45. The molecule has 2 heterocycles. The largest absolute Gasteiger partial charge is 0.379 e. The summed E-state index contributed by atoms with van der Waals surface area (Å²) in [6.07, 6.45) is 1.80. The molecule has 0 aliphatic carbocycles. The molecule has 5 heteroatoms. The molecule has 1 aromatic heterocycles. The second kappa shape index (κ2) is 6.92. The van der Waals surface area contributed by atoms with Gasteiger partial charge in [0.2, 0.25) is 0 Å². The number of hydrogen-bond donors (Lipinski definition) is 0. The van der Waals surface area contributed by atoms with Gasteiger partial charge < -0.3 is 9.64 Å². The first-order valence-corrected chi connectivity index (χ1v) is 5.04. The van der Waals surface area contributed by atoms with Crippen LogP contribution in [0.3, 0.4) is 0 Å². The maximum atomic E-state index is 5.65. The molecule has 0 bridgehead atoms. The molecular formula is C10H12ClN2OY-. The molecule has 0 aromatic carbocycles. The van der Waals surface area contributed by atoms with Crippen molar-refractivity contribution in [3.05, 3.63) is 29.0 Å². The standard InChI is InChI=1S/C10H12ClN2O.Y/c11-10-2-1-9(7-12-10)8-13-3-5-14-6-4-13;/h1,7H,3-6,8H2;/q-1;. The van der Waals surface area contributed by atoms with E-state index in [4.69, 9.17) is 16.3 Å². The number of rotatable bonds is 2. The molecule has 2 rings (SSSR count). The first-order chi connectivity index (χ1) is 6.84. The third-order valence-electron chi connectivity index (χ3n) is 2.23. The molecule has 1 saturated heterocycles. The van der Waals surface area contributed by atoms with Gasteiger partial charge in [-0.15, -0.1) is 0 Å². The zero-order valence-corrected chi connectivity index (χ0v) is 12.0. The van der Waals surface area contributed by atoms with Crippen molar-refractivity contribution in [3.8, 4) is 0 Å². The molecule has 1 aromatic rings. The van der Waals surface area contributed by atoms with Crippen molar-refractivity contribution in [2.45, 2.75) is 6.54 Å². The van der Waals surface area contributed by atoms with Gasteiger partial charge in [-0.25, -0.2) is 12.1 Å². The van der Waals surface area contributed by atoms with Crippen molar-refractivity contribution in [1.29, 1.82) is 0 Å². The van der Waals surface area contributed by atoms with Crippen LogP contribution in [0.25, 0.3) is 0 Å². The molecule has 1 radical (unpaired) electrons. The SMILES string of the molecule is Clc1[c-]cc(CN2CCOCC2)cn1.[Y]. The topological polar surface area (TPSA) is 25.4 Å². The average molecular weight is 301 g/mol. The second-order valence-electron chi connectivity index (χ2n) is 3.30. The molecular weight excluding hydrogens is 288 g/mol. The van der Waals surface area contributed by atoms with Crippen molar-refractivity contribution >= 4 is 11.6 Å². The van der Waals surface area contributed by atoms with Crippen LogP contribution in [0.4, 0.5) is 0 Å². The number of pyridine rings is 1. The number of ether oxygens (including phenoxy) is 1. The predicted molar refractivity (Wildman–Crippen MR) is 54.2 cm³/mol. The van der Waals surface area contributed by atoms with E-state index >= 15 is 0 Å². The fourth-order valence-corrected chi connectivity index (χ4v) is 1.57. The van der Waals surface area contributed by atoms with Crippen LogP contribution in [0.1, 0.15) is 5.56 Å². The number of morpholine rings is 1. The van der Waals surface area contributed by atoms with E-state index < -0.39 is 0 Å². The average Bonchev–Trinajstić information content (AvgIpc) is 2.23. The van der Waals surface area contributed by atoms with Crippen LogP contribution in [-0.4, -0.2) is 36.2 Å². The molecule has 0 unspecified atom stereocenters. The maximum absolute atomic E-state index is 5.65. The van der Waals surface area contributed by atoms with Gasteiger partial charge in [0.05, 0.1) is 13.2 Å². The zero-order chi connectivity index (χ0) is 9.80. The summed E-state index contributed by atoms with van der Waals surface area (Å²) in [7, 11) is 0. The van der Waals surface area contributed by atoms with Gasteiger partial charge in [0, 0.05) is 51.0 Å². The van der Waals surface area contributed by atoms with Crippen LogP contribution in [-0.2, 0) is 44.0 Å². The van der Waals surface area contributed by atoms with Crippen molar-refractivity contribution in [3.63, 3.8) is 0 Å². The summed E-state index contributed by atoms with van der Waals surface area (Å²) in [5, 5.41) is 0.427. The Kier molecular flexibility index (Phi) is 6.24. The Labute approximate surface area is 120 Å². The Morgan fingerprint density at radius 2 is 2.20 bits per heavy atom. The van der Waals surface area contributed by atoms with E-state index in [1.165, 1.54) is 0 Å². The number of nitrogens with zero attached hydrogens (tertiary/aromatic N) is 2. The summed E-state index contributed by atoms with van der Waals surface area (Å²) in [6.45, 7) is 4.53. The summed E-state index contributed by atoms with van der Waals surface area (Å²) in [5.41, 5.74) is 1.15. The van der Waals surface area contributed by atoms with Crippen LogP contribution in [0.15, 0.2) is 12.3 Å². The molecule has 0 atom stereocenters. The van der Waals surface area contributed by atoms with Crippen molar-refractivity contribution in [2.24, 2.45) is 0 Å². The van der Waals surface area contributed by atoms with Gasteiger partial charge in [0.1, 0.15) is 0 Å². The van der Waals surface area contributed by atoms with Crippen LogP contribution < -0.4 is 0 Å². The maximum Gasteiger partial charge on any atom is 0.0593 e. The minimum absolute atomic E-state index is 0. The number of aromatic nitrogens is 1. The third kappa shape index (κ3) is 4.45. The van der Waals surface area contributed by atoms with E-state index in [2.05, 4.69) is 16.0 Å². The minimum Gasteiger partial charge on any atom is -0.379 e. The van der Waals surface area contributed by atoms with E-state index in [9.17, 15) is 0 Å².